The number of nitrogens with zero attached hydrogens (tertiary/aromatic N) is 3. The number of rotatable bonds is 5. The van der Waals surface area contributed by atoms with E-state index in [1.807, 2.05) is 6.07 Å². The molecule has 1 aromatic carbocycles. The molecule has 0 amide bonds. The molecule has 0 fully saturated rings. The van der Waals surface area contributed by atoms with Crippen molar-refractivity contribution in [3.8, 4) is 6.07 Å². The molecule has 0 atom stereocenters. The van der Waals surface area contributed by atoms with Crippen molar-refractivity contribution in [2.75, 3.05) is 4.72 Å². The normalized spacial score (nSPS) is 12.3. The molecule has 8 nitrogen and oxygen atoms in total. The van der Waals surface area contributed by atoms with E-state index in [1.54, 1.807) is 0 Å². The van der Waals surface area contributed by atoms with Crippen LogP contribution in [0.3, 0.4) is 0 Å². The summed E-state index contributed by atoms with van der Waals surface area (Å²) in [5.74, 6) is -1.10. The second kappa shape index (κ2) is 6.53. The van der Waals surface area contributed by atoms with E-state index in [0.717, 1.165) is 10.9 Å². The molecule has 0 aliphatic carbocycles. The molecular weight excluding hydrogens is 397 g/mol. The van der Waals surface area contributed by atoms with Crippen LogP contribution >= 0.6 is 11.6 Å². The van der Waals surface area contributed by atoms with E-state index >= 15 is 0 Å². The summed E-state index contributed by atoms with van der Waals surface area (Å²) >= 11 is 6.09. The van der Waals surface area contributed by atoms with Gasteiger partial charge in [0.1, 0.15) is 6.07 Å². The summed E-state index contributed by atoms with van der Waals surface area (Å²) in [6.45, 7) is 2.67. The van der Waals surface area contributed by atoms with Gasteiger partial charge in [-0.2, -0.15) is 14.8 Å². The summed E-state index contributed by atoms with van der Waals surface area (Å²) in [4.78, 5) is 2.13. The summed E-state index contributed by atoms with van der Waals surface area (Å²) in [5, 5.41) is 23.2. The van der Waals surface area contributed by atoms with Gasteiger partial charge in [0.05, 0.1) is 40.1 Å². The van der Waals surface area contributed by atoms with Crippen molar-refractivity contribution in [2.24, 2.45) is 0 Å². The average Bonchev–Trinajstić information content (AvgIpc) is 3.14. The Hall–Kier alpha value is -2.61. The highest BCUT2D eigenvalue weighted by Crippen LogP contribution is 2.33. The molecule has 2 aromatic heterocycles. The van der Waals surface area contributed by atoms with Crippen molar-refractivity contribution in [1.29, 1.82) is 5.26 Å². The highest BCUT2D eigenvalue weighted by Gasteiger charge is 2.27. The Labute approximate surface area is 159 Å². The van der Waals surface area contributed by atoms with Crippen LogP contribution in [0.25, 0.3) is 10.9 Å². The number of sulfonamides is 1. The third kappa shape index (κ3) is 3.62. The third-order valence-corrected chi connectivity index (χ3v) is 5.38. The van der Waals surface area contributed by atoms with Gasteiger partial charge in [-0.15, -0.1) is 0 Å². The van der Waals surface area contributed by atoms with Crippen LogP contribution in [0.1, 0.15) is 19.4 Å². The fourth-order valence-corrected chi connectivity index (χ4v) is 3.93. The summed E-state index contributed by atoms with van der Waals surface area (Å²) in [7, 11) is -4.32. The van der Waals surface area contributed by atoms with Crippen LogP contribution in [0.15, 0.2) is 29.4 Å². The molecule has 0 saturated carbocycles. The molecule has 142 valence electrons. The zero-order valence-corrected chi connectivity index (χ0v) is 15.9. The second-order valence-corrected chi connectivity index (χ2v) is 8.59. The lowest BCUT2D eigenvalue weighted by Gasteiger charge is -2.16. The lowest BCUT2D eigenvalue weighted by atomic mass is 10.1. The Kier molecular flexibility index (Phi) is 4.63. The molecule has 3 N–H and O–H groups in total. The number of aromatic nitrogens is 3. The fraction of sp³-hybridized carbons (Fsp3) is 0.250. The number of halogens is 2. The fourth-order valence-electron chi connectivity index (χ4n) is 2.59. The molecule has 0 bridgehead atoms. The molecule has 2 heterocycles. The van der Waals surface area contributed by atoms with E-state index in [0.29, 0.717) is 10.9 Å². The average molecular weight is 412 g/mol. The van der Waals surface area contributed by atoms with Gasteiger partial charge >= 0.3 is 0 Å². The summed E-state index contributed by atoms with van der Waals surface area (Å²) in [6, 6.07) is 4.79. The Morgan fingerprint density at radius 3 is 2.81 bits per heavy atom. The zero-order chi connectivity index (χ0) is 20.0. The molecule has 0 aliphatic heterocycles. The maximum absolute atomic E-state index is 14.5. The number of anilines is 1. The first-order valence-electron chi connectivity index (χ1n) is 7.70. The zero-order valence-electron chi connectivity index (χ0n) is 14.3. The first-order valence-corrected chi connectivity index (χ1v) is 9.56. The van der Waals surface area contributed by atoms with Crippen LogP contribution in [0.4, 0.5) is 10.1 Å². The van der Waals surface area contributed by atoms with Crippen molar-refractivity contribution in [3.63, 3.8) is 0 Å². The second-order valence-electron chi connectivity index (χ2n) is 6.53. The number of aromatic amines is 1. The number of nitriles is 1. The third-order valence-electron chi connectivity index (χ3n) is 3.72. The van der Waals surface area contributed by atoms with E-state index in [4.69, 9.17) is 16.9 Å². The largest absolute Gasteiger partial charge is 0.389 e. The van der Waals surface area contributed by atoms with Gasteiger partial charge in [0.2, 0.25) is 5.95 Å². The SMILES string of the molecule is CC(C)(O)Cn1ncc(S(=O)(=O)Nc2ccc(Cl)c3c(C#N)c[nH]c23)c1F. The topological polar surface area (TPSA) is 124 Å². The molecule has 0 spiro atoms. The van der Waals surface area contributed by atoms with Crippen LogP contribution in [0.5, 0.6) is 0 Å². The van der Waals surface area contributed by atoms with E-state index in [1.165, 1.54) is 32.2 Å². The summed E-state index contributed by atoms with van der Waals surface area (Å²) in [5.41, 5.74) is -0.626. The van der Waals surface area contributed by atoms with Gasteiger partial charge < -0.3 is 10.1 Å². The van der Waals surface area contributed by atoms with Gasteiger partial charge in [-0.3, -0.25) is 4.72 Å². The smallest absolute Gasteiger partial charge is 0.268 e. The first kappa shape index (κ1) is 19.2. The van der Waals surface area contributed by atoms with Crippen molar-refractivity contribution in [2.45, 2.75) is 30.9 Å². The van der Waals surface area contributed by atoms with Crippen LogP contribution in [0, 0.1) is 17.3 Å². The van der Waals surface area contributed by atoms with Crippen molar-refractivity contribution >= 4 is 38.2 Å². The van der Waals surface area contributed by atoms with Crippen molar-refractivity contribution < 1.29 is 17.9 Å². The van der Waals surface area contributed by atoms with Crippen molar-refractivity contribution in [3.05, 3.63) is 41.1 Å². The van der Waals surface area contributed by atoms with Crippen LogP contribution in [-0.2, 0) is 16.6 Å². The monoisotopic (exact) mass is 411 g/mol. The lowest BCUT2D eigenvalue weighted by Crippen LogP contribution is -2.27. The van der Waals surface area contributed by atoms with Crippen LogP contribution in [-0.4, -0.2) is 33.9 Å². The predicted octanol–water partition coefficient (Wildman–Crippen LogP) is 2.60. The highest BCUT2D eigenvalue weighted by atomic mass is 35.5. The quantitative estimate of drug-likeness (QED) is 0.595. The molecule has 27 heavy (non-hydrogen) atoms. The number of hydrogen-bond acceptors (Lipinski definition) is 5. The maximum Gasteiger partial charge on any atom is 0.268 e. The van der Waals surface area contributed by atoms with Crippen molar-refractivity contribution in [1.82, 2.24) is 14.8 Å². The van der Waals surface area contributed by atoms with Gasteiger partial charge in [0.15, 0.2) is 4.90 Å². The summed E-state index contributed by atoms with van der Waals surface area (Å²) in [6.07, 6.45) is 2.27. The number of aliphatic hydroxyl groups is 1. The standard InChI is InChI=1S/C16H15ClFN5O3S/c1-16(2,24)8-23-15(18)12(7-21-23)27(25,26)22-11-4-3-10(17)13-9(5-19)6-20-14(11)13/h3-4,6-7,20,22,24H,8H2,1-2H3. The molecule has 0 saturated heterocycles. The van der Waals surface area contributed by atoms with Gasteiger partial charge in [-0.1, -0.05) is 11.6 Å². The predicted molar refractivity (Wildman–Crippen MR) is 97.3 cm³/mol. The number of nitrogens with one attached hydrogen (secondary N) is 2. The Morgan fingerprint density at radius 1 is 1.48 bits per heavy atom. The minimum absolute atomic E-state index is 0.102. The number of hydrogen-bond donors (Lipinski definition) is 3. The molecule has 11 heteroatoms. The Bertz CT molecular complexity index is 1170. The van der Waals surface area contributed by atoms with Gasteiger partial charge in [0.25, 0.3) is 10.0 Å². The van der Waals surface area contributed by atoms with E-state index in [-0.39, 0.29) is 22.8 Å². The molecule has 3 aromatic rings. The molecule has 0 aliphatic rings. The van der Waals surface area contributed by atoms with E-state index < -0.39 is 26.5 Å². The minimum Gasteiger partial charge on any atom is -0.389 e. The highest BCUT2D eigenvalue weighted by molar-refractivity contribution is 7.92. The Morgan fingerprint density at radius 2 is 2.19 bits per heavy atom. The molecular formula is C16H15ClFN5O3S. The van der Waals surface area contributed by atoms with Crippen LogP contribution in [0.2, 0.25) is 5.02 Å². The molecule has 0 radical (unpaired) electrons. The lowest BCUT2D eigenvalue weighted by molar-refractivity contribution is 0.0534. The number of fused-ring (bicyclic) bond motifs is 1. The Balaban J connectivity index is 2.02. The first-order chi connectivity index (χ1) is 12.5. The van der Waals surface area contributed by atoms with Gasteiger partial charge in [-0.05, 0) is 26.0 Å². The van der Waals surface area contributed by atoms with Gasteiger partial charge in [0, 0.05) is 11.6 Å². The minimum atomic E-state index is -4.32. The number of H-pyrrole nitrogens is 1. The van der Waals surface area contributed by atoms with E-state index in [9.17, 15) is 17.9 Å². The summed E-state index contributed by atoms with van der Waals surface area (Å²) < 4.78 is 42.8. The van der Waals surface area contributed by atoms with Crippen LogP contribution < -0.4 is 4.72 Å². The molecule has 3 rings (SSSR count). The molecule has 0 unspecified atom stereocenters. The van der Waals surface area contributed by atoms with E-state index in [2.05, 4.69) is 14.8 Å². The number of benzene rings is 1. The maximum atomic E-state index is 14.5. The van der Waals surface area contributed by atoms with Gasteiger partial charge in [-0.25, -0.2) is 13.1 Å².